The fourth-order valence-corrected chi connectivity index (χ4v) is 1.26. The SMILES string of the molecule is CC(C)C(NC(=O)OC(C)(C)C)C(=O)OCCS. The lowest BCUT2D eigenvalue weighted by Gasteiger charge is -2.24. The maximum absolute atomic E-state index is 11.7. The Balaban J connectivity index is 4.45. The summed E-state index contributed by atoms with van der Waals surface area (Å²) in [4.78, 5) is 23.3. The first-order chi connectivity index (χ1) is 8.17. The Morgan fingerprint density at radius 2 is 1.83 bits per heavy atom. The monoisotopic (exact) mass is 277 g/mol. The molecule has 1 N–H and O–H groups in total. The zero-order chi connectivity index (χ0) is 14.3. The molecular weight excluding hydrogens is 254 g/mol. The van der Waals surface area contributed by atoms with E-state index in [0.717, 1.165) is 0 Å². The van der Waals surface area contributed by atoms with Crippen molar-refractivity contribution in [1.82, 2.24) is 5.32 Å². The lowest BCUT2D eigenvalue weighted by molar-refractivity contribution is -0.146. The van der Waals surface area contributed by atoms with Crippen LogP contribution in [0, 0.1) is 5.92 Å². The number of amides is 1. The molecule has 1 amide bonds. The number of ether oxygens (including phenoxy) is 2. The van der Waals surface area contributed by atoms with Crippen LogP contribution in [-0.4, -0.2) is 36.1 Å². The van der Waals surface area contributed by atoms with Crippen molar-refractivity contribution in [1.29, 1.82) is 0 Å². The summed E-state index contributed by atoms with van der Waals surface area (Å²) in [6.45, 7) is 9.15. The van der Waals surface area contributed by atoms with Crippen LogP contribution >= 0.6 is 12.6 Å². The summed E-state index contributed by atoms with van der Waals surface area (Å²) < 4.78 is 10.1. The van der Waals surface area contributed by atoms with Crippen LogP contribution in [0.15, 0.2) is 0 Å². The molecule has 0 aromatic rings. The molecule has 0 spiro atoms. The molecule has 0 rings (SSSR count). The normalized spacial score (nSPS) is 13.1. The van der Waals surface area contributed by atoms with Crippen LogP contribution < -0.4 is 5.32 Å². The van der Waals surface area contributed by atoms with Gasteiger partial charge in [0.15, 0.2) is 0 Å². The van der Waals surface area contributed by atoms with Gasteiger partial charge >= 0.3 is 12.1 Å². The predicted octanol–water partition coefficient (Wildman–Crippen LogP) is 2.01. The van der Waals surface area contributed by atoms with Gasteiger partial charge in [-0.3, -0.25) is 0 Å². The Hall–Kier alpha value is -0.910. The van der Waals surface area contributed by atoms with Gasteiger partial charge in [0, 0.05) is 5.75 Å². The summed E-state index contributed by atoms with van der Waals surface area (Å²) in [5, 5.41) is 2.52. The van der Waals surface area contributed by atoms with Crippen molar-refractivity contribution < 1.29 is 19.1 Å². The Bertz CT molecular complexity index is 286. The maximum Gasteiger partial charge on any atom is 0.408 e. The number of nitrogens with one attached hydrogen (secondary N) is 1. The fraction of sp³-hybridized carbons (Fsp3) is 0.833. The van der Waals surface area contributed by atoms with Gasteiger partial charge in [-0.25, -0.2) is 9.59 Å². The lowest BCUT2D eigenvalue weighted by atomic mass is 10.1. The maximum atomic E-state index is 11.7. The van der Waals surface area contributed by atoms with E-state index in [2.05, 4.69) is 17.9 Å². The molecule has 0 saturated heterocycles. The van der Waals surface area contributed by atoms with Crippen molar-refractivity contribution in [3.63, 3.8) is 0 Å². The van der Waals surface area contributed by atoms with Crippen LogP contribution in [0.2, 0.25) is 0 Å². The second kappa shape index (κ2) is 7.51. The highest BCUT2D eigenvalue weighted by Crippen LogP contribution is 2.09. The van der Waals surface area contributed by atoms with Gasteiger partial charge < -0.3 is 14.8 Å². The van der Waals surface area contributed by atoms with Gasteiger partial charge in [-0.1, -0.05) is 13.8 Å². The van der Waals surface area contributed by atoms with E-state index in [4.69, 9.17) is 9.47 Å². The number of alkyl carbamates (subject to hydrolysis) is 1. The zero-order valence-corrected chi connectivity index (χ0v) is 12.5. The van der Waals surface area contributed by atoms with Crippen LogP contribution in [-0.2, 0) is 14.3 Å². The van der Waals surface area contributed by atoms with Crippen LogP contribution in [0.1, 0.15) is 34.6 Å². The third-order valence-electron chi connectivity index (χ3n) is 1.93. The van der Waals surface area contributed by atoms with Gasteiger partial charge in [-0.05, 0) is 26.7 Å². The molecule has 0 radical (unpaired) electrons. The van der Waals surface area contributed by atoms with Crippen LogP contribution in [0.25, 0.3) is 0 Å². The molecule has 0 aliphatic rings. The Morgan fingerprint density at radius 1 is 1.28 bits per heavy atom. The van der Waals surface area contributed by atoms with Crippen molar-refractivity contribution in [3.05, 3.63) is 0 Å². The molecule has 1 atom stereocenters. The average molecular weight is 277 g/mol. The third kappa shape index (κ3) is 7.42. The van der Waals surface area contributed by atoms with Crippen molar-refractivity contribution in [2.45, 2.75) is 46.3 Å². The number of carbonyl (C=O) groups is 2. The molecule has 0 aliphatic heterocycles. The molecule has 6 heteroatoms. The minimum absolute atomic E-state index is 0.0788. The summed E-state index contributed by atoms with van der Waals surface area (Å²) in [7, 11) is 0. The summed E-state index contributed by atoms with van der Waals surface area (Å²) in [5.74, 6) is -0.0990. The number of hydrogen-bond donors (Lipinski definition) is 2. The molecule has 106 valence electrons. The van der Waals surface area contributed by atoms with Crippen molar-refractivity contribution in [3.8, 4) is 0 Å². The summed E-state index contributed by atoms with van der Waals surface area (Å²) in [6, 6.07) is -0.709. The predicted molar refractivity (Wildman–Crippen MR) is 72.8 cm³/mol. The highest BCUT2D eigenvalue weighted by Gasteiger charge is 2.27. The molecule has 0 aromatic carbocycles. The van der Waals surface area contributed by atoms with Gasteiger partial charge in [0.05, 0.1) is 0 Å². The van der Waals surface area contributed by atoms with E-state index in [-0.39, 0.29) is 12.5 Å². The summed E-state index contributed by atoms with van der Waals surface area (Å²) >= 11 is 3.95. The highest BCUT2D eigenvalue weighted by molar-refractivity contribution is 7.80. The van der Waals surface area contributed by atoms with Gasteiger partial charge in [0.2, 0.25) is 0 Å². The van der Waals surface area contributed by atoms with Crippen LogP contribution in [0.4, 0.5) is 4.79 Å². The number of rotatable bonds is 5. The molecule has 5 nitrogen and oxygen atoms in total. The number of esters is 1. The lowest BCUT2D eigenvalue weighted by Crippen LogP contribution is -2.47. The first-order valence-corrected chi connectivity index (χ1v) is 6.57. The minimum atomic E-state index is -0.709. The molecule has 0 aliphatic carbocycles. The Labute approximate surface area is 114 Å². The highest BCUT2D eigenvalue weighted by atomic mass is 32.1. The van der Waals surface area contributed by atoms with Gasteiger partial charge in [-0.15, -0.1) is 0 Å². The molecule has 0 fully saturated rings. The van der Waals surface area contributed by atoms with Gasteiger partial charge in [0.25, 0.3) is 0 Å². The van der Waals surface area contributed by atoms with E-state index in [1.807, 2.05) is 13.8 Å². The van der Waals surface area contributed by atoms with Crippen molar-refractivity contribution >= 4 is 24.7 Å². The van der Waals surface area contributed by atoms with E-state index in [1.165, 1.54) is 0 Å². The largest absolute Gasteiger partial charge is 0.463 e. The van der Waals surface area contributed by atoms with Crippen molar-refractivity contribution in [2.24, 2.45) is 5.92 Å². The molecule has 0 bridgehead atoms. The zero-order valence-electron chi connectivity index (χ0n) is 11.6. The molecular formula is C12H23NO4S. The molecule has 0 heterocycles. The molecule has 18 heavy (non-hydrogen) atoms. The minimum Gasteiger partial charge on any atom is -0.463 e. The topological polar surface area (TPSA) is 64.6 Å². The van der Waals surface area contributed by atoms with Crippen LogP contribution in [0.3, 0.4) is 0 Å². The molecule has 1 unspecified atom stereocenters. The number of thiol groups is 1. The fourth-order valence-electron chi connectivity index (χ4n) is 1.17. The van der Waals surface area contributed by atoms with E-state index in [1.54, 1.807) is 20.8 Å². The first kappa shape index (κ1) is 17.1. The van der Waals surface area contributed by atoms with Gasteiger partial charge in [0.1, 0.15) is 18.2 Å². The van der Waals surface area contributed by atoms with E-state index >= 15 is 0 Å². The summed E-state index contributed by atoms with van der Waals surface area (Å²) in [5.41, 5.74) is -0.597. The number of carbonyl (C=O) groups excluding carboxylic acids is 2. The molecule has 0 aromatic heterocycles. The quantitative estimate of drug-likeness (QED) is 0.596. The van der Waals surface area contributed by atoms with Crippen molar-refractivity contribution in [2.75, 3.05) is 12.4 Å². The first-order valence-electron chi connectivity index (χ1n) is 5.94. The van der Waals surface area contributed by atoms with E-state index in [9.17, 15) is 9.59 Å². The second-order valence-corrected chi connectivity index (χ2v) is 5.71. The Kier molecular flexibility index (Phi) is 7.13. The third-order valence-corrected chi connectivity index (χ3v) is 2.11. The number of hydrogen-bond acceptors (Lipinski definition) is 5. The van der Waals surface area contributed by atoms with E-state index < -0.39 is 23.7 Å². The summed E-state index contributed by atoms with van der Waals surface area (Å²) in [6.07, 6.45) is -0.621. The van der Waals surface area contributed by atoms with E-state index in [0.29, 0.717) is 5.75 Å². The standard InChI is InChI=1S/C12H23NO4S/c1-8(2)9(10(14)16-6-7-18)13-11(15)17-12(3,4)5/h8-9,18H,6-7H2,1-5H3,(H,13,15). The average Bonchev–Trinajstić information content (AvgIpc) is 2.19. The smallest absolute Gasteiger partial charge is 0.408 e. The Morgan fingerprint density at radius 3 is 2.22 bits per heavy atom. The molecule has 0 saturated carbocycles. The second-order valence-electron chi connectivity index (χ2n) is 5.26. The van der Waals surface area contributed by atoms with Gasteiger partial charge in [-0.2, -0.15) is 12.6 Å². The van der Waals surface area contributed by atoms with Crippen LogP contribution in [0.5, 0.6) is 0 Å².